The number of carbonyl (C=O) groups excluding carboxylic acids is 2. The van der Waals surface area contributed by atoms with Crippen molar-refractivity contribution in [3.05, 3.63) is 48.5 Å². The summed E-state index contributed by atoms with van der Waals surface area (Å²) in [6, 6.07) is 7.51. The van der Waals surface area contributed by atoms with E-state index in [2.05, 4.69) is 10.3 Å². The van der Waals surface area contributed by atoms with Crippen LogP contribution in [-0.4, -0.2) is 45.4 Å². The van der Waals surface area contributed by atoms with E-state index >= 15 is 0 Å². The maximum Gasteiger partial charge on any atom is 0.251 e. The van der Waals surface area contributed by atoms with Gasteiger partial charge >= 0.3 is 0 Å². The molecule has 26 heavy (non-hydrogen) atoms. The highest BCUT2D eigenvalue weighted by molar-refractivity contribution is 5.95. The third kappa shape index (κ3) is 3.49. The van der Waals surface area contributed by atoms with Crippen molar-refractivity contribution in [3.63, 3.8) is 0 Å². The topological polar surface area (TPSA) is 67.2 Å². The van der Waals surface area contributed by atoms with Crippen molar-refractivity contribution in [3.8, 4) is 5.69 Å². The number of nitrogens with one attached hydrogen (secondary N) is 1. The molecule has 0 radical (unpaired) electrons. The summed E-state index contributed by atoms with van der Waals surface area (Å²) in [4.78, 5) is 31.1. The Morgan fingerprint density at radius 3 is 2.77 bits per heavy atom. The van der Waals surface area contributed by atoms with Crippen LogP contribution in [0.1, 0.15) is 42.5 Å². The molecule has 2 amide bonds. The van der Waals surface area contributed by atoms with Crippen LogP contribution >= 0.6 is 0 Å². The molecule has 2 aromatic rings. The van der Waals surface area contributed by atoms with E-state index in [1.165, 1.54) is 0 Å². The maximum absolute atomic E-state index is 12.6. The van der Waals surface area contributed by atoms with Crippen LogP contribution in [0.5, 0.6) is 0 Å². The fourth-order valence-corrected chi connectivity index (χ4v) is 4.00. The molecule has 1 aliphatic carbocycles. The van der Waals surface area contributed by atoms with Gasteiger partial charge in [-0.25, -0.2) is 4.98 Å². The zero-order valence-electron chi connectivity index (χ0n) is 14.8. The largest absolute Gasteiger partial charge is 0.347 e. The summed E-state index contributed by atoms with van der Waals surface area (Å²) in [7, 11) is 0. The highest BCUT2D eigenvalue weighted by Crippen LogP contribution is 2.27. The molecule has 6 heteroatoms. The number of nitrogens with zero attached hydrogens (tertiary/aromatic N) is 3. The first-order valence-electron chi connectivity index (χ1n) is 9.39. The normalized spacial score (nSPS) is 20.5. The lowest BCUT2D eigenvalue weighted by Gasteiger charge is -2.20. The molecule has 1 unspecified atom stereocenters. The first-order valence-corrected chi connectivity index (χ1v) is 9.39. The van der Waals surface area contributed by atoms with E-state index in [1.54, 1.807) is 12.5 Å². The molecule has 4 rings (SSSR count). The third-order valence-electron chi connectivity index (χ3n) is 5.45. The van der Waals surface area contributed by atoms with Crippen LogP contribution in [0.25, 0.3) is 5.69 Å². The molecule has 2 aliphatic rings. The Bertz CT molecular complexity index is 781. The summed E-state index contributed by atoms with van der Waals surface area (Å²) in [6.07, 6.45) is 10.5. The zero-order valence-corrected chi connectivity index (χ0v) is 14.8. The molecule has 2 fully saturated rings. The maximum atomic E-state index is 12.6. The van der Waals surface area contributed by atoms with Crippen LogP contribution in [-0.2, 0) is 4.79 Å². The van der Waals surface area contributed by atoms with Crippen LogP contribution in [0.3, 0.4) is 0 Å². The van der Waals surface area contributed by atoms with Crippen LogP contribution < -0.4 is 5.32 Å². The van der Waals surface area contributed by atoms with Gasteiger partial charge in [0.05, 0.1) is 6.33 Å². The predicted molar refractivity (Wildman–Crippen MR) is 98.0 cm³/mol. The number of likely N-dealkylation sites (tertiary alicyclic amines) is 1. The number of amides is 2. The quantitative estimate of drug-likeness (QED) is 0.919. The van der Waals surface area contributed by atoms with Crippen molar-refractivity contribution in [2.75, 3.05) is 13.1 Å². The van der Waals surface area contributed by atoms with Crippen molar-refractivity contribution in [2.24, 2.45) is 5.92 Å². The van der Waals surface area contributed by atoms with Crippen molar-refractivity contribution in [1.29, 1.82) is 0 Å². The molecule has 0 spiro atoms. The predicted octanol–water partition coefficient (Wildman–Crippen LogP) is 2.39. The molecule has 1 N–H and O–H groups in total. The van der Waals surface area contributed by atoms with Crippen LogP contribution in [0, 0.1) is 5.92 Å². The number of aromatic nitrogens is 2. The average molecular weight is 352 g/mol. The standard InChI is InChI=1S/C20H24N4O2/c25-19(16-6-3-7-18(12-16)24-11-9-21-14-24)22-17-8-10-23(13-17)20(26)15-4-1-2-5-15/h3,6-7,9,11-12,14-15,17H,1-2,4-5,8,10,13H2,(H,22,25). The van der Waals surface area contributed by atoms with Gasteiger partial charge in [-0.2, -0.15) is 0 Å². The number of hydrogen-bond acceptors (Lipinski definition) is 3. The molecule has 1 aromatic heterocycles. The van der Waals surface area contributed by atoms with E-state index < -0.39 is 0 Å². The molecular weight excluding hydrogens is 328 g/mol. The van der Waals surface area contributed by atoms with Gasteiger partial charge in [0.25, 0.3) is 5.91 Å². The van der Waals surface area contributed by atoms with Crippen LogP contribution in [0.15, 0.2) is 43.0 Å². The van der Waals surface area contributed by atoms with Gasteiger partial charge in [0, 0.05) is 48.7 Å². The Morgan fingerprint density at radius 1 is 1.15 bits per heavy atom. The lowest BCUT2D eigenvalue weighted by Crippen LogP contribution is -2.39. The van der Waals surface area contributed by atoms with Crippen molar-refractivity contribution in [1.82, 2.24) is 19.8 Å². The summed E-state index contributed by atoms with van der Waals surface area (Å²) in [6.45, 7) is 1.37. The Hall–Kier alpha value is -2.63. The number of rotatable bonds is 4. The number of benzene rings is 1. The molecular formula is C20H24N4O2. The van der Waals surface area contributed by atoms with E-state index in [0.29, 0.717) is 12.1 Å². The second-order valence-electron chi connectivity index (χ2n) is 7.24. The number of hydrogen-bond donors (Lipinski definition) is 1. The second kappa shape index (κ2) is 7.32. The Morgan fingerprint density at radius 2 is 2.00 bits per heavy atom. The van der Waals surface area contributed by atoms with Crippen LogP contribution in [0.2, 0.25) is 0 Å². The summed E-state index contributed by atoms with van der Waals surface area (Å²) in [5.74, 6) is 0.393. The fourth-order valence-electron chi connectivity index (χ4n) is 4.00. The monoisotopic (exact) mass is 352 g/mol. The van der Waals surface area contributed by atoms with E-state index in [1.807, 2.05) is 39.9 Å². The van der Waals surface area contributed by atoms with E-state index in [4.69, 9.17) is 0 Å². The van der Waals surface area contributed by atoms with Gasteiger partial charge in [-0.3, -0.25) is 9.59 Å². The van der Waals surface area contributed by atoms with E-state index in [9.17, 15) is 9.59 Å². The molecule has 136 valence electrons. The molecule has 6 nitrogen and oxygen atoms in total. The van der Waals surface area contributed by atoms with Gasteiger partial charge in [-0.1, -0.05) is 18.9 Å². The van der Waals surface area contributed by atoms with Gasteiger partial charge in [0.2, 0.25) is 5.91 Å². The smallest absolute Gasteiger partial charge is 0.251 e. The molecule has 1 saturated heterocycles. The average Bonchev–Trinajstić information content (AvgIpc) is 3.43. The van der Waals surface area contributed by atoms with Gasteiger partial charge < -0.3 is 14.8 Å². The van der Waals surface area contributed by atoms with Gasteiger partial charge in [0.15, 0.2) is 0 Å². The second-order valence-corrected chi connectivity index (χ2v) is 7.24. The first-order chi connectivity index (χ1) is 12.7. The molecule has 1 aromatic carbocycles. The molecule has 2 heterocycles. The minimum Gasteiger partial charge on any atom is -0.347 e. The molecule has 1 saturated carbocycles. The first kappa shape index (κ1) is 16.8. The molecule has 1 aliphatic heterocycles. The zero-order chi connectivity index (χ0) is 17.9. The Kier molecular flexibility index (Phi) is 4.73. The van der Waals surface area contributed by atoms with Crippen LogP contribution in [0.4, 0.5) is 0 Å². The fraction of sp³-hybridized carbons (Fsp3) is 0.450. The number of carbonyl (C=O) groups is 2. The van der Waals surface area contributed by atoms with Crippen molar-refractivity contribution >= 4 is 11.8 Å². The minimum absolute atomic E-state index is 0.0322. The third-order valence-corrected chi connectivity index (χ3v) is 5.45. The van der Waals surface area contributed by atoms with Gasteiger partial charge in [-0.05, 0) is 37.5 Å². The van der Waals surface area contributed by atoms with Crippen molar-refractivity contribution in [2.45, 2.75) is 38.1 Å². The molecule has 1 atom stereocenters. The lowest BCUT2D eigenvalue weighted by atomic mass is 10.1. The Labute approximate surface area is 153 Å². The minimum atomic E-state index is -0.0906. The van der Waals surface area contributed by atoms with Crippen molar-refractivity contribution < 1.29 is 9.59 Å². The molecule has 0 bridgehead atoms. The lowest BCUT2D eigenvalue weighted by molar-refractivity contribution is -0.134. The summed E-state index contributed by atoms with van der Waals surface area (Å²) in [5, 5.41) is 3.09. The SMILES string of the molecule is O=C(NC1CCN(C(=O)C2CCCC2)C1)c1cccc(-n2ccnc2)c1. The van der Waals surface area contributed by atoms with E-state index in [0.717, 1.165) is 44.3 Å². The van der Waals surface area contributed by atoms with Gasteiger partial charge in [0.1, 0.15) is 0 Å². The summed E-state index contributed by atoms with van der Waals surface area (Å²) >= 11 is 0. The summed E-state index contributed by atoms with van der Waals surface area (Å²) in [5.41, 5.74) is 1.52. The van der Waals surface area contributed by atoms with E-state index in [-0.39, 0.29) is 23.8 Å². The number of imidazole rings is 1. The highest BCUT2D eigenvalue weighted by atomic mass is 16.2. The van der Waals surface area contributed by atoms with Gasteiger partial charge in [-0.15, -0.1) is 0 Å². The Balaban J connectivity index is 1.37. The summed E-state index contributed by atoms with van der Waals surface area (Å²) < 4.78 is 1.87. The highest BCUT2D eigenvalue weighted by Gasteiger charge is 2.32.